The largest absolute Gasteiger partial charge is 0.453 e. The van der Waals surface area contributed by atoms with Gasteiger partial charge in [0.05, 0.1) is 6.42 Å². The summed E-state index contributed by atoms with van der Waals surface area (Å²) in [6.45, 7) is 5.69. The minimum Gasteiger partial charge on any atom is -0.453 e. The van der Waals surface area contributed by atoms with Crippen molar-refractivity contribution in [3.8, 4) is 0 Å². The Morgan fingerprint density at radius 3 is 2.31 bits per heavy atom. The lowest BCUT2D eigenvalue weighted by Crippen LogP contribution is -2.30. The number of benzene rings is 2. The van der Waals surface area contributed by atoms with Crippen molar-refractivity contribution in [3.05, 3.63) is 64.7 Å². The third kappa shape index (κ3) is 6.71. The Labute approximate surface area is 176 Å². The maximum Gasteiger partial charge on any atom is 0.307 e. The highest BCUT2D eigenvalue weighted by Crippen LogP contribution is 2.26. The van der Waals surface area contributed by atoms with E-state index in [4.69, 9.17) is 16.3 Å². The van der Waals surface area contributed by atoms with Gasteiger partial charge in [-0.15, -0.1) is 0 Å². The monoisotopic (exact) mass is 415 g/mol. The van der Waals surface area contributed by atoms with Crippen molar-refractivity contribution in [1.82, 2.24) is 0 Å². The molecule has 5 nitrogen and oxygen atoms in total. The van der Waals surface area contributed by atoms with E-state index in [-0.39, 0.29) is 18.6 Å². The molecule has 6 heteroatoms. The van der Waals surface area contributed by atoms with Gasteiger partial charge in [0, 0.05) is 22.7 Å². The number of anilines is 1. The molecule has 0 fully saturated rings. The molecular formula is C23H26ClNO4. The SMILES string of the molecule is CC[C@@H](C)c1ccccc1NC(=O)[C@H](C)OC(=O)CCC(=O)c1ccc(Cl)cc1. The molecule has 0 unspecified atom stereocenters. The molecule has 2 aromatic carbocycles. The van der Waals surface area contributed by atoms with Gasteiger partial charge in [-0.3, -0.25) is 14.4 Å². The minimum absolute atomic E-state index is 0.00561. The van der Waals surface area contributed by atoms with Gasteiger partial charge in [0.2, 0.25) is 0 Å². The zero-order valence-corrected chi connectivity index (χ0v) is 17.7. The fourth-order valence-corrected chi connectivity index (χ4v) is 2.93. The van der Waals surface area contributed by atoms with Crippen molar-refractivity contribution in [2.24, 2.45) is 0 Å². The Morgan fingerprint density at radius 2 is 1.66 bits per heavy atom. The molecule has 2 aromatic rings. The van der Waals surface area contributed by atoms with E-state index in [9.17, 15) is 14.4 Å². The lowest BCUT2D eigenvalue weighted by molar-refractivity contribution is -0.153. The second-order valence-electron chi connectivity index (χ2n) is 6.95. The Kier molecular flexibility index (Phi) is 8.40. The number of hydrogen-bond acceptors (Lipinski definition) is 4. The molecule has 0 aliphatic heterocycles. The van der Waals surface area contributed by atoms with Gasteiger partial charge in [0.1, 0.15) is 0 Å². The fourth-order valence-electron chi connectivity index (χ4n) is 2.80. The van der Waals surface area contributed by atoms with E-state index in [1.165, 1.54) is 6.92 Å². The summed E-state index contributed by atoms with van der Waals surface area (Å²) in [5.41, 5.74) is 2.23. The molecule has 0 saturated heterocycles. The van der Waals surface area contributed by atoms with Crippen molar-refractivity contribution < 1.29 is 19.1 Å². The van der Waals surface area contributed by atoms with E-state index in [0.29, 0.717) is 22.2 Å². The molecule has 2 rings (SSSR count). The summed E-state index contributed by atoms with van der Waals surface area (Å²) in [4.78, 5) is 36.6. The predicted octanol–water partition coefficient (Wildman–Crippen LogP) is 5.39. The van der Waals surface area contributed by atoms with Crippen LogP contribution < -0.4 is 5.32 Å². The van der Waals surface area contributed by atoms with Crippen LogP contribution in [0, 0.1) is 0 Å². The van der Waals surface area contributed by atoms with Crippen LogP contribution in [-0.4, -0.2) is 23.8 Å². The van der Waals surface area contributed by atoms with E-state index in [1.54, 1.807) is 24.3 Å². The molecule has 2 atom stereocenters. The summed E-state index contributed by atoms with van der Waals surface area (Å²) in [5, 5.41) is 3.37. The van der Waals surface area contributed by atoms with Crippen molar-refractivity contribution in [1.29, 1.82) is 0 Å². The lowest BCUT2D eigenvalue weighted by atomic mass is 9.97. The van der Waals surface area contributed by atoms with Crippen LogP contribution in [-0.2, 0) is 14.3 Å². The number of carbonyl (C=O) groups is 3. The first-order chi connectivity index (χ1) is 13.8. The first-order valence-corrected chi connectivity index (χ1v) is 10.1. The van der Waals surface area contributed by atoms with Gasteiger partial charge in [0.25, 0.3) is 5.91 Å². The maximum absolute atomic E-state index is 12.4. The lowest BCUT2D eigenvalue weighted by Gasteiger charge is -2.18. The highest BCUT2D eigenvalue weighted by Gasteiger charge is 2.20. The van der Waals surface area contributed by atoms with Crippen LogP contribution >= 0.6 is 11.6 Å². The second-order valence-corrected chi connectivity index (χ2v) is 7.38. The Balaban J connectivity index is 1.87. The van der Waals surface area contributed by atoms with Gasteiger partial charge < -0.3 is 10.1 Å². The smallest absolute Gasteiger partial charge is 0.307 e. The number of para-hydroxylation sites is 1. The topological polar surface area (TPSA) is 72.5 Å². The Hall–Kier alpha value is -2.66. The Morgan fingerprint density at radius 1 is 1.00 bits per heavy atom. The van der Waals surface area contributed by atoms with Crippen molar-refractivity contribution >= 4 is 34.9 Å². The first kappa shape index (κ1) is 22.6. The van der Waals surface area contributed by atoms with Gasteiger partial charge in [-0.1, -0.05) is 43.6 Å². The number of amides is 1. The molecule has 0 spiro atoms. The first-order valence-electron chi connectivity index (χ1n) is 9.69. The zero-order valence-electron chi connectivity index (χ0n) is 16.9. The molecule has 0 saturated carbocycles. The molecule has 0 aliphatic carbocycles. The number of rotatable bonds is 9. The van der Waals surface area contributed by atoms with Gasteiger partial charge in [0.15, 0.2) is 11.9 Å². The standard InChI is InChI=1S/C23H26ClNO4/c1-4-15(2)19-7-5-6-8-20(19)25-23(28)16(3)29-22(27)14-13-21(26)17-9-11-18(24)12-10-17/h5-12,15-16H,4,13-14H2,1-3H3,(H,25,28)/t15-,16+/m1/s1. The summed E-state index contributed by atoms with van der Waals surface area (Å²) in [5.74, 6) is -0.884. The molecule has 0 bridgehead atoms. The number of ether oxygens (including phenoxy) is 1. The summed E-state index contributed by atoms with van der Waals surface area (Å²) < 4.78 is 5.19. The quantitative estimate of drug-likeness (QED) is 0.440. The van der Waals surface area contributed by atoms with Crippen LogP contribution in [0.3, 0.4) is 0 Å². The summed E-state index contributed by atoms with van der Waals surface area (Å²) >= 11 is 5.80. The molecule has 154 valence electrons. The third-order valence-corrected chi connectivity index (χ3v) is 5.01. The van der Waals surface area contributed by atoms with Crippen LogP contribution in [0.15, 0.2) is 48.5 Å². The van der Waals surface area contributed by atoms with Crippen LogP contribution in [0.4, 0.5) is 5.69 Å². The summed E-state index contributed by atoms with van der Waals surface area (Å²) in [6.07, 6.45) is -0.106. The molecule has 0 aromatic heterocycles. The number of Topliss-reactive ketones (excluding diaryl/α,β-unsaturated/α-hetero) is 1. The highest BCUT2D eigenvalue weighted by atomic mass is 35.5. The van der Waals surface area contributed by atoms with Crippen LogP contribution in [0.2, 0.25) is 5.02 Å². The van der Waals surface area contributed by atoms with E-state index >= 15 is 0 Å². The van der Waals surface area contributed by atoms with Crippen LogP contribution in [0.5, 0.6) is 0 Å². The predicted molar refractivity (Wildman–Crippen MR) is 114 cm³/mol. The number of carbonyl (C=O) groups excluding carboxylic acids is 3. The van der Waals surface area contributed by atoms with Crippen molar-refractivity contribution in [2.75, 3.05) is 5.32 Å². The Bertz CT molecular complexity index is 863. The summed E-state index contributed by atoms with van der Waals surface area (Å²) in [7, 11) is 0. The van der Waals surface area contributed by atoms with Crippen LogP contribution in [0.25, 0.3) is 0 Å². The molecule has 29 heavy (non-hydrogen) atoms. The van der Waals surface area contributed by atoms with E-state index < -0.39 is 18.0 Å². The normalized spacial score (nSPS) is 12.7. The molecular weight excluding hydrogens is 390 g/mol. The van der Waals surface area contributed by atoms with Gasteiger partial charge in [-0.25, -0.2) is 0 Å². The average molecular weight is 416 g/mol. The van der Waals surface area contributed by atoms with Gasteiger partial charge >= 0.3 is 5.97 Å². The molecule has 0 heterocycles. The van der Waals surface area contributed by atoms with Crippen molar-refractivity contribution in [2.45, 2.75) is 52.1 Å². The zero-order chi connectivity index (χ0) is 21.4. The highest BCUT2D eigenvalue weighted by molar-refractivity contribution is 6.30. The number of hydrogen-bond donors (Lipinski definition) is 1. The minimum atomic E-state index is -0.960. The van der Waals surface area contributed by atoms with E-state index in [1.807, 2.05) is 24.3 Å². The van der Waals surface area contributed by atoms with Crippen molar-refractivity contribution in [3.63, 3.8) is 0 Å². The average Bonchev–Trinajstić information content (AvgIpc) is 2.72. The fraction of sp³-hybridized carbons (Fsp3) is 0.348. The van der Waals surface area contributed by atoms with E-state index in [0.717, 1.165) is 12.0 Å². The number of nitrogens with one attached hydrogen (secondary N) is 1. The number of esters is 1. The molecule has 0 aliphatic rings. The number of halogens is 1. The summed E-state index contributed by atoms with van der Waals surface area (Å²) in [6, 6.07) is 14.1. The van der Waals surface area contributed by atoms with Crippen LogP contribution in [0.1, 0.15) is 61.9 Å². The molecule has 1 N–H and O–H groups in total. The van der Waals surface area contributed by atoms with E-state index in [2.05, 4.69) is 19.2 Å². The van der Waals surface area contributed by atoms with Gasteiger partial charge in [-0.2, -0.15) is 0 Å². The molecule has 0 radical (unpaired) electrons. The van der Waals surface area contributed by atoms with Gasteiger partial charge in [-0.05, 0) is 55.2 Å². The third-order valence-electron chi connectivity index (χ3n) is 4.76. The maximum atomic E-state index is 12.4. The number of ketones is 1. The molecule has 1 amide bonds. The second kappa shape index (κ2) is 10.8.